The van der Waals surface area contributed by atoms with Crippen LogP contribution in [0.15, 0.2) is 53.0 Å². The number of carbonyl (C=O) groups is 4. The van der Waals surface area contributed by atoms with Crippen LogP contribution < -0.4 is 10.6 Å². The number of Topliss-reactive ketones (excluding diaryl/α,β-unsaturated/α-hetero) is 1. The molecule has 2 N–H and O–H groups in total. The first-order valence-corrected chi connectivity index (χ1v) is 9.87. The number of amides is 4. The molecule has 2 aromatic rings. The maximum atomic E-state index is 12.9. The van der Waals surface area contributed by atoms with Crippen molar-refractivity contribution >= 4 is 45.2 Å². The predicted molar refractivity (Wildman–Crippen MR) is 111 cm³/mol. The summed E-state index contributed by atoms with van der Waals surface area (Å²) in [6, 6.07) is 12.8. The number of urea groups is 1. The number of anilines is 1. The minimum absolute atomic E-state index is 0.129. The van der Waals surface area contributed by atoms with Crippen molar-refractivity contribution in [2.24, 2.45) is 0 Å². The van der Waals surface area contributed by atoms with Gasteiger partial charge in [-0.3, -0.25) is 19.3 Å². The third kappa shape index (κ3) is 4.22. The Morgan fingerprint density at radius 2 is 1.69 bits per heavy atom. The molecule has 1 fully saturated rings. The summed E-state index contributed by atoms with van der Waals surface area (Å²) in [5, 5.41) is 5.38. The van der Waals surface area contributed by atoms with E-state index in [2.05, 4.69) is 26.6 Å². The number of nitrogens with zero attached hydrogens (tertiary/aromatic N) is 1. The molecule has 7 nitrogen and oxygen atoms in total. The fourth-order valence-corrected chi connectivity index (χ4v) is 3.31. The fourth-order valence-electron chi connectivity index (χ4n) is 3.04. The predicted octanol–water partition coefficient (Wildman–Crippen LogP) is 3.45. The van der Waals surface area contributed by atoms with E-state index in [1.165, 1.54) is 0 Å². The Hall–Kier alpha value is -3.00. The number of hydrogen-bond acceptors (Lipinski definition) is 4. The summed E-state index contributed by atoms with van der Waals surface area (Å²) in [5.41, 5.74) is 0.320. The number of imide groups is 1. The van der Waals surface area contributed by atoms with Crippen molar-refractivity contribution in [1.29, 1.82) is 0 Å². The average molecular weight is 458 g/mol. The third-order valence-electron chi connectivity index (χ3n) is 4.81. The van der Waals surface area contributed by atoms with Crippen LogP contribution in [-0.4, -0.2) is 35.1 Å². The van der Waals surface area contributed by atoms with Crippen LogP contribution >= 0.6 is 15.9 Å². The summed E-state index contributed by atoms with van der Waals surface area (Å²) >= 11 is 3.34. The molecule has 0 bridgehead atoms. The average Bonchev–Trinajstić information content (AvgIpc) is 2.92. The van der Waals surface area contributed by atoms with Gasteiger partial charge in [-0.2, -0.15) is 0 Å². The quantitative estimate of drug-likeness (QED) is 0.512. The molecule has 2 aromatic carbocycles. The van der Waals surface area contributed by atoms with Crippen LogP contribution in [0.5, 0.6) is 0 Å². The number of benzene rings is 2. The van der Waals surface area contributed by atoms with Gasteiger partial charge in [-0.15, -0.1) is 0 Å². The number of carbonyl (C=O) groups excluding carboxylic acids is 4. The van der Waals surface area contributed by atoms with Gasteiger partial charge in [0.25, 0.3) is 5.91 Å². The fraction of sp³-hybridized carbons (Fsp3) is 0.238. The first-order chi connectivity index (χ1) is 13.7. The van der Waals surface area contributed by atoms with Crippen molar-refractivity contribution in [3.05, 3.63) is 64.1 Å². The largest absolute Gasteiger partial charge is 0.326 e. The first kappa shape index (κ1) is 20.7. The van der Waals surface area contributed by atoms with E-state index < -0.39 is 17.5 Å². The Balaban J connectivity index is 1.73. The molecular formula is C21H20BrN3O4. The van der Waals surface area contributed by atoms with Crippen LogP contribution in [0.25, 0.3) is 0 Å². The van der Waals surface area contributed by atoms with E-state index in [1.54, 1.807) is 62.4 Å². The van der Waals surface area contributed by atoms with Gasteiger partial charge in [-0.1, -0.05) is 35.0 Å². The van der Waals surface area contributed by atoms with Gasteiger partial charge < -0.3 is 10.6 Å². The molecule has 1 saturated heterocycles. The van der Waals surface area contributed by atoms with Crippen molar-refractivity contribution in [2.75, 3.05) is 11.9 Å². The zero-order chi connectivity index (χ0) is 21.2. The summed E-state index contributed by atoms with van der Waals surface area (Å²) in [5.74, 6) is -0.984. The normalized spacial score (nSPS) is 18.5. The standard InChI is InChI=1S/C21H20BrN3O4/c1-3-18(27)23-16-10-4-13(5-11-16)17(26)12-25-19(28)21(2,24-20(25)29)14-6-8-15(22)9-7-14/h4-11H,3,12H2,1-2H3,(H,23,27)(H,24,29). The van der Waals surface area contributed by atoms with Gasteiger partial charge in [0.1, 0.15) is 5.54 Å². The van der Waals surface area contributed by atoms with Gasteiger partial charge in [-0.25, -0.2) is 4.79 Å². The number of nitrogens with one attached hydrogen (secondary N) is 2. The van der Waals surface area contributed by atoms with E-state index in [4.69, 9.17) is 0 Å². The molecule has 0 aromatic heterocycles. The van der Waals surface area contributed by atoms with Gasteiger partial charge in [0.05, 0.1) is 6.54 Å². The third-order valence-corrected chi connectivity index (χ3v) is 5.34. The van der Waals surface area contributed by atoms with E-state index in [1.807, 2.05) is 0 Å². The van der Waals surface area contributed by atoms with E-state index in [0.29, 0.717) is 23.2 Å². The number of halogens is 1. The molecule has 0 spiro atoms. The van der Waals surface area contributed by atoms with Crippen molar-refractivity contribution in [1.82, 2.24) is 10.2 Å². The topological polar surface area (TPSA) is 95.6 Å². The second kappa shape index (κ2) is 8.16. The Bertz CT molecular complexity index is 972. The van der Waals surface area contributed by atoms with Crippen LogP contribution in [0.2, 0.25) is 0 Å². The van der Waals surface area contributed by atoms with Crippen LogP contribution in [-0.2, 0) is 15.1 Å². The Morgan fingerprint density at radius 1 is 1.07 bits per heavy atom. The van der Waals surface area contributed by atoms with E-state index >= 15 is 0 Å². The lowest BCUT2D eigenvalue weighted by Crippen LogP contribution is -2.41. The summed E-state index contributed by atoms with van der Waals surface area (Å²) in [6.07, 6.45) is 0.351. The summed E-state index contributed by atoms with van der Waals surface area (Å²) in [4.78, 5) is 50.3. The summed E-state index contributed by atoms with van der Waals surface area (Å²) < 4.78 is 0.854. The molecule has 0 aliphatic carbocycles. The highest BCUT2D eigenvalue weighted by Gasteiger charge is 2.49. The molecular weight excluding hydrogens is 438 g/mol. The number of rotatable bonds is 6. The first-order valence-electron chi connectivity index (χ1n) is 9.08. The van der Waals surface area contributed by atoms with Crippen LogP contribution in [0.4, 0.5) is 10.5 Å². The van der Waals surface area contributed by atoms with Gasteiger partial charge in [-0.05, 0) is 48.9 Å². The number of hydrogen-bond donors (Lipinski definition) is 2. The molecule has 150 valence electrons. The van der Waals surface area contributed by atoms with Gasteiger partial charge in [0.15, 0.2) is 5.78 Å². The number of ketones is 1. The molecule has 29 heavy (non-hydrogen) atoms. The molecule has 1 atom stereocenters. The molecule has 3 rings (SSSR count). The molecule has 1 aliphatic rings. The van der Waals surface area contributed by atoms with E-state index in [9.17, 15) is 19.2 Å². The van der Waals surface area contributed by atoms with Crippen molar-refractivity contribution in [3.63, 3.8) is 0 Å². The smallest absolute Gasteiger partial charge is 0.325 e. The lowest BCUT2D eigenvalue weighted by Gasteiger charge is -2.22. The maximum absolute atomic E-state index is 12.9. The zero-order valence-corrected chi connectivity index (χ0v) is 17.6. The maximum Gasteiger partial charge on any atom is 0.325 e. The molecule has 1 heterocycles. The van der Waals surface area contributed by atoms with Gasteiger partial charge in [0, 0.05) is 22.1 Å². The van der Waals surface area contributed by atoms with Crippen LogP contribution in [0, 0.1) is 0 Å². The molecule has 1 aliphatic heterocycles. The highest BCUT2D eigenvalue weighted by Crippen LogP contribution is 2.29. The molecule has 4 amide bonds. The molecule has 1 unspecified atom stereocenters. The molecule has 0 saturated carbocycles. The summed E-state index contributed by atoms with van der Waals surface area (Å²) in [7, 11) is 0. The second-order valence-corrected chi connectivity index (χ2v) is 7.77. The SMILES string of the molecule is CCC(=O)Nc1ccc(C(=O)CN2C(=O)NC(C)(c3ccc(Br)cc3)C2=O)cc1. The van der Waals surface area contributed by atoms with Crippen LogP contribution in [0.3, 0.4) is 0 Å². The minimum atomic E-state index is -1.23. The van der Waals surface area contributed by atoms with E-state index in [0.717, 1.165) is 9.37 Å². The molecule has 8 heteroatoms. The highest BCUT2D eigenvalue weighted by atomic mass is 79.9. The Morgan fingerprint density at radius 3 is 2.28 bits per heavy atom. The monoisotopic (exact) mass is 457 g/mol. The zero-order valence-electron chi connectivity index (χ0n) is 16.0. The van der Waals surface area contributed by atoms with Crippen molar-refractivity contribution in [2.45, 2.75) is 25.8 Å². The van der Waals surface area contributed by atoms with Crippen molar-refractivity contribution < 1.29 is 19.2 Å². The second-order valence-electron chi connectivity index (χ2n) is 6.86. The summed E-state index contributed by atoms with van der Waals surface area (Å²) in [6.45, 7) is 3.00. The lowest BCUT2D eigenvalue weighted by molar-refractivity contribution is -0.130. The minimum Gasteiger partial charge on any atom is -0.326 e. The van der Waals surface area contributed by atoms with E-state index in [-0.39, 0.29) is 18.2 Å². The lowest BCUT2D eigenvalue weighted by atomic mass is 9.92. The highest BCUT2D eigenvalue weighted by molar-refractivity contribution is 9.10. The van der Waals surface area contributed by atoms with Crippen LogP contribution in [0.1, 0.15) is 36.2 Å². The molecule has 0 radical (unpaired) electrons. The Kier molecular flexibility index (Phi) is 5.83. The van der Waals surface area contributed by atoms with Gasteiger partial charge in [0.2, 0.25) is 5.91 Å². The van der Waals surface area contributed by atoms with Gasteiger partial charge >= 0.3 is 6.03 Å². The van der Waals surface area contributed by atoms with Crippen molar-refractivity contribution in [3.8, 4) is 0 Å². The Labute approximate surface area is 176 Å².